The van der Waals surface area contributed by atoms with Crippen molar-refractivity contribution in [3.05, 3.63) is 70.0 Å². The third kappa shape index (κ3) is 2.41. The van der Waals surface area contributed by atoms with Gasteiger partial charge in [-0.05, 0) is 30.7 Å². The number of halogens is 1. The van der Waals surface area contributed by atoms with Crippen molar-refractivity contribution in [3.8, 4) is 0 Å². The molecule has 0 saturated heterocycles. The zero-order chi connectivity index (χ0) is 16.7. The molecule has 0 bridgehead atoms. The maximum absolute atomic E-state index is 12.8. The zero-order valence-corrected chi connectivity index (χ0v) is 14.1. The molecular weight excluding hydrogens is 324 g/mol. The van der Waals surface area contributed by atoms with Crippen LogP contribution in [-0.2, 0) is 13.1 Å². The van der Waals surface area contributed by atoms with Gasteiger partial charge in [0.1, 0.15) is 5.65 Å². The summed E-state index contributed by atoms with van der Waals surface area (Å²) >= 11 is 6.02. The topological polar surface area (TPSA) is 44.2 Å². The van der Waals surface area contributed by atoms with Crippen molar-refractivity contribution in [2.75, 3.05) is 0 Å². The van der Waals surface area contributed by atoms with Crippen molar-refractivity contribution < 1.29 is 0 Å². The lowest BCUT2D eigenvalue weighted by atomic mass is 10.3. The van der Waals surface area contributed by atoms with Gasteiger partial charge in [0.25, 0.3) is 0 Å². The van der Waals surface area contributed by atoms with E-state index >= 15 is 0 Å². The first-order valence-corrected chi connectivity index (χ1v) is 8.36. The Labute approximate surface area is 143 Å². The average Bonchev–Trinajstić information content (AvgIpc) is 3.09. The van der Waals surface area contributed by atoms with Crippen LogP contribution in [-0.4, -0.2) is 18.5 Å². The molecule has 6 heteroatoms. The highest BCUT2D eigenvalue weighted by atomic mass is 35.5. The fourth-order valence-electron chi connectivity index (χ4n) is 3.12. The second-order valence-corrected chi connectivity index (χ2v) is 6.29. The van der Waals surface area contributed by atoms with E-state index in [4.69, 9.17) is 11.6 Å². The summed E-state index contributed by atoms with van der Waals surface area (Å²) < 4.78 is 5.50. The molecule has 5 nitrogen and oxygen atoms in total. The number of rotatable bonds is 4. The Balaban J connectivity index is 1.83. The van der Waals surface area contributed by atoms with E-state index in [1.165, 1.54) is 0 Å². The Hall–Kier alpha value is -2.53. The number of pyridine rings is 1. The number of benzene rings is 1. The third-order valence-corrected chi connectivity index (χ3v) is 4.38. The maximum atomic E-state index is 12.8. The molecule has 1 aromatic carbocycles. The summed E-state index contributed by atoms with van der Waals surface area (Å²) in [6.07, 6.45) is 4.65. The summed E-state index contributed by atoms with van der Waals surface area (Å²) in [4.78, 5) is 17.4. The third-order valence-electron chi connectivity index (χ3n) is 4.16. The smallest absolute Gasteiger partial charge is 0.305 e. The number of hydrogen-bond donors (Lipinski definition) is 0. The van der Waals surface area contributed by atoms with E-state index in [1.54, 1.807) is 4.57 Å². The van der Waals surface area contributed by atoms with E-state index < -0.39 is 0 Å². The maximum Gasteiger partial charge on any atom is 0.329 e. The summed E-state index contributed by atoms with van der Waals surface area (Å²) in [6, 6.07) is 11.6. The normalized spacial score (nSPS) is 11.6. The molecule has 0 N–H and O–H groups in total. The van der Waals surface area contributed by atoms with Gasteiger partial charge in [-0.15, -0.1) is 0 Å². The summed E-state index contributed by atoms with van der Waals surface area (Å²) in [6.45, 7) is 3.23. The van der Waals surface area contributed by atoms with Gasteiger partial charge in [0.15, 0.2) is 0 Å². The van der Waals surface area contributed by atoms with E-state index in [2.05, 4.69) is 11.9 Å². The number of imidazole rings is 2. The van der Waals surface area contributed by atoms with Gasteiger partial charge in [-0.3, -0.25) is 9.13 Å². The number of aryl methyl sites for hydroxylation is 1. The van der Waals surface area contributed by atoms with E-state index in [1.807, 2.05) is 57.8 Å². The molecule has 4 aromatic rings. The molecule has 0 aliphatic carbocycles. The van der Waals surface area contributed by atoms with Crippen LogP contribution in [0.5, 0.6) is 0 Å². The SMILES string of the molecule is CCCn1c(=O)n(Cc2cn3cc(Cl)ccc3n2)c2ccccc21. The van der Waals surface area contributed by atoms with Crippen LogP contribution in [0.4, 0.5) is 0 Å². The van der Waals surface area contributed by atoms with Crippen molar-refractivity contribution >= 4 is 28.3 Å². The molecule has 24 heavy (non-hydrogen) atoms. The van der Waals surface area contributed by atoms with Crippen molar-refractivity contribution in [2.24, 2.45) is 0 Å². The lowest BCUT2D eigenvalue weighted by Crippen LogP contribution is -2.24. The van der Waals surface area contributed by atoms with Crippen molar-refractivity contribution in [3.63, 3.8) is 0 Å². The minimum atomic E-state index is 0.00754. The largest absolute Gasteiger partial charge is 0.329 e. The molecule has 0 unspecified atom stereocenters. The van der Waals surface area contributed by atoms with Gasteiger partial charge in [0.05, 0.1) is 28.3 Å². The first-order chi connectivity index (χ1) is 11.7. The van der Waals surface area contributed by atoms with Crippen molar-refractivity contribution in [2.45, 2.75) is 26.4 Å². The molecule has 0 spiro atoms. The molecule has 0 aliphatic heterocycles. The predicted octanol–water partition coefficient (Wildman–Crippen LogP) is 3.56. The quantitative estimate of drug-likeness (QED) is 0.570. The van der Waals surface area contributed by atoms with Crippen LogP contribution in [0.2, 0.25) is 5.02 Å². The van der Waals surface area contributed by atoms with Gasteiger partial charge >= 0.3 is 5.69 Å². The molecule has 0 atom stereocenters. The van der Waals surface area contributed by atoms with Gasteiger partial charge in [-0.25, -0.2) is 9.78 Å². The van der Waals surface area contributed by atoms with Gasteiger partial charge in [0.2, 0.25) is 0 Å². The summed E-state index contributed by atoms with van der Waals surface area (Å²) in [5.41, 5.74) is 3.56. The molecule has 0 radical (unpaired) electrons. The first kappa shape index (κ1) is 15.0. The Morgan fingerprint density at radius 2 is 1.79 bits per heavy atom. The molecule has 0 amide bonds. The number of para-hydroxylation sites is 2. The Kier molecular flexibility index (Phi) is 3.65. The van der Waals surface area contributed by atoms with Gasteiger partial charge < -0.3 is 4.40 Å². The predicted molar refractivity (Wildman–Crippen MR) is 95.8 cm³/mol. The fourth-order valence-corrected chi connectivity index (χ4v) is 3.29. The summed E-state index contributed by atoms with van der Waals surface area (Å²) in [7, 11) is 0. The van der Waals surface area contributed by atoms with Crippen LogP contribution in [0.15, 0.2) is 53.6 Å². The highest BCUT2D eigenvalue weighted by Gasteiger charge is 2.13. The number of fused-ring (bicyclic) bond motifs is 2. The van der Waals surface area contributed by atoms with E-state index in [0.717, 1.165) is 28.8 Å². The van der Waals surface area contributed by atoms with Crippen molar-refractivity contribution in [1.82, 2.24) is 18.5 Å². The second kappa shape index (κ2) is 5.83. The lowest BCUT2D eigenvalue weighted by molar-refractivity contribution is 0.636. The van der Waals surface area contributed by atoms with Gasteiger partial charge in [-0.2, -0.15) is 0 Å². The molecule has 3 heterocycles. The van der Waals surface area contributed by atoms with Crippen LogP contribution in [0.3, 0.4) is 0 Å². The van der Waals surface area contributed by atoms with Gasteiger partial charge in [-0.1, -0.05) is 30.7 Å². The minimum Gasteiger partial charge on any atom is -0.305 e. The summed E-state index contributed by atoms with van der Waals surface area (Å²) in [5.74, 6) is 0. The van der Waals surface area contributed by atoms with E-state index in [-0.39, 0.29) is 5.69 Å². The van der Waals surface area contributed by atoms with E-state index in [0.29, 0.717) is 18.1 Å². The molecule has 3 aromatic heterocycles. The fraction of sp³-hybridized carbons (Fsp3) is 0.222. The molecule has 4 rings (SSSR count). The van der Waals surface area contributed by atoms with Crippen LogP contribution >= 0.6 is 11.6 Å². The van der Waals surface area contributed by atoms with Gasteiger partial charge in [0, 0.05) is 18.9 Å². The number of hydrogen-bond acceptors (Lipinski definition) is 2. The summed E-state index contributed by atoms with van der Waals surface area (Å²) in [5, 5.41) is 0.656. The number of aromatic nitrogens is 4. The van der Waals surface area contributed by atoms with Crippen LogP contribution < -0.4 is 5.69 Å². The van der Waals surface area contributed by atoms with Crippen LogP contribution in [0.25, 0.3) is 16.7 Å². The first-order valence-electron chi connectivity index (χ1n) is 7.98. The highest BCUT2D eigenvalue weighted by Crippen LogP contribution is 2.16. The second-order valence-electron chi connectivity index (χ2n) is 5.85. The van der Waals surface area contributed by atoms with Crippen LogP contribution in [0, 0.1) is 0 Å². The van der Waals surface area contributed by atoms with E-state index in [9.17, 15) is 4.79 Å². The zero-order valence-electron chi connectivity index (χ0n) is 13.3. The highest BCUT2D eigenvalue weighted by molar-refractivity contribution is 6.30. The molecule has 0 aliphatic rings. The molecule has 0 fully saturated rings. The molecule has 0 saturated carbocycles. The average molecular weight is 341 g/mol. The Morgan fingerprint density at radius 3 is 2.54 bits per heavy atom. The monoisotopic (exact) mass is 340 g/mol. The molecular formula is C18H17ClN4O. The Morgan fingerprint density at radius 1 is 1.04 bits per heavy atom. The minimum absolute atomic E-state index is 0.00754. The standard InChI is InChI=1S/C18H17ClN4O/c1-2-9-22-15-5-3-4-6-16(15)23(18(22)24)12-14-11-21-10-13(19)7-8-17(21)20-14/h3-8,10-11H,2,9,12H2,1H3. The van der Waals surface area contributed by atoms with Crippen LogP contribution in [0.1, 0.15) is 19.0 Å². The number of nitrogens with zero attached hydrogens (tertiary/aromatic N) is 4. The Bertz CT molecular complexity index is 1090. The lowest BCUT2D eigenvalue weighted by Gasteiger charge is -1.99. The van der Waals surface area contributed by atoms with Crippen molar-refractivity contribution in [1.29, 1.82) is 0 Å². The molecule has 122 valence electrons.